The van der Waals surface area contributed by atoms with E-state index in [9.17, 15) is 15.0 Å². The normalized spacial score (nSPS) is 14.9. The number of ether oxygens (including phenoxy) is 1. The van der Waals surface area contributed by atoms with Crippen molar-refractivity contribution in [3.8, 4) is 22.5 Å². The molecule has 0 radical (unpaired) electrons. The highest BCUT2D eigenvalue weighted by atomic mass is 16.6. The molecule has 2 N–H and O–H groups in total. The average molecular weight is 484 g/mol. The van der Waals surface area contributed by atoms with Crippen molar-refractivity contribution in [3.63, 3.8) is 0 Å². The van der Waals surface area contributed by atoms with Gasteiger partial charge in [-0.15, -0.1) is 0 Å². The minimum absolute atomic E-state index is 0.286. The van der Waals surface area contributed by atoms with Crippen LogP contribution in [0, 0.1) is 6.92 Å². The summed E-state index contributed by atoms with van der Waals surface area (Å²) < 4.78 is 11.3. The predicted octanol–water partition coefficient (Wildman–Crippen LogP) is 5.55. The maximum absolute atomic E-state index is 11.6. The highest BCUT2D eigenvalue weighted by Crippen LogP contribution is 2.48. The predicted molar refractivity (Wildman–Crippen MR) is 136 cm³/mol. The molecule has 1 atom stereocenters. The number of aromatic nitrogens is 1. The number of carboxylic acids is 1. The molecule has 184 valence electrons. The van der Waals surface area contributed by atoms with Crippen LogP contribution in [0.4, 0.5) is 0 Å². The Morgan fingerprint density at radius 1 is 0.972 bits per heavy atom. The van der Waals surface area contributed by atoms with Crippen molar-refractivity contribution < 1.29 is 24.3 Å². The molecule has 6 heteroatoms. The van der Waals surface area contributed by atoms with Crippen molar-refractivity contribution >= 4 is 5.97 Å². The van der Waals surface area contributed by atoms with E-state index in [-0.39, 0.29) is 6.42 Å². The molecule has 0 amide bonds. The molecule has 36 heavy (non-hydrogen) atoms. The summed E-state index contributed by atoms with van der Waals surface area (Å²) in [7, 11) is 0. The number of hydrogen-bond acceptors (Lipinski definition) is 5. The van der Waals surface area contributed by atoms with Crippen LogP contribution in [0.15, 0.2) is 83.4 Å². The first-order valence-corrected chi connectivity index (χ1v) is 12.2. The molecule has 4 aromatic rings. The van der Waals surface area contributed by atoms with Gasteiger partial charge in [0.2, 0.25) is 0 Å². The van der Waals surface area contributed by atoms with Crippen LogP contribution in [-0.2, 0) is 27.8 Å². The van der Waals surface area contributed by atoms with Gasteiger partial charge in [-0.2, -0.15) is 0 Å². The Hall–Kier alpha value is -3.74. The number of aryl methyl sites for hydroxylation is 1. The molecule has 1 aliphatic rings. The van der Waals surface area contributed by atoms with E-state index in [1.807, 2.05) is 85.8 Å². The second-order valence-corrected chi connectivity index (χ2v) is 9.38. The number of carboxylic acid groups (broad SMARTS) is 1. The summed E-state index contributed by atoms with van der Waals surface area (Å²) in [6.07, 6.45) is 1.45. The molecule has 1 fully saturated rings. The molecule has 1 aromatic heterocycles. The number of aliphatic carboxylic acids is 1. The lowest BCUT2D eigenvalue weighted by atomic mass is 9.93. The van der Waals surface area contributed by atoms with Gasteiger partial charge in [-0.05, 0) is 48.4 Å². The Labute approximate surface area is 210 Å². The van der Waals surface area contributed by atoms with E-state index in [0.29, 0.717) is 25.2 Å². The fourth-order valence-electron chi connectivity index (χ4n) is 4.59. The van der Waals surface area contributed by atoms with Gasteiger partial charge in [-0.1, -0.05) is 84.0 Å². The SMILES string of the molecule is Cc1noc(-c2ccc(-c3ccc(C4(C(=O)O)CC4)cc3)cc2)c1CC(O)OCCc1ccccc1. The molecule has 3 aromatic carbocycles. The topological polar surface area (TPSA) is 92.8 Å². The van der Waals surface area contributed by atoms with Gasteiger partial charge in [-0.25, -0.2) is 0 Å². The second-order valence-electron chi connectivity index (χ2n) is 9.38. The molecule has 1 heterocycles. The highest BCUT2D eigenvalue weighted by molar-refractivity contribution is 5.85. The number of aliphatic hydroxyl groups is 1. The van der Waals surface area contributed by atoms with Crippen molar-refractivity contribution in [3.05, 3.63) is 101 Å². The first kappa shape index (κ1) is 24.0. The quantitative estimate of drug-likeness (QED) is 0.287. The van der Waals surface area contributed by atoms with Gasteiger partial charge in [0.05, 0.1) is 17.7 Å². The molecule has 0 spiro atoms. The van der Waals surface area contributed by atoms with Crippen molar-refractivity contribution in [2.45, 2.75) is 44.3 Å². The number of nitrogens with zero attached hydrogens (tertiary/aromatic N) is 1. The summed E-state index contributed by atoms with van der Waals surface area (Å²) in [4.78, 5) is 11.6. The number of hydrogen-bond donors (Lipinski definition) is 2. The molecule has 0 saturated heterocycles. The summed E-state index contributed by atoms with van der Waals surface area (Å²) in [5.74, 6) is -0.123. The van der Waals surface area contributed by atoms with Crippen LogP contribution >= 0.6 is 0 Å². The molecule has 6 nitrogen and oxygen atoms in total. The van der Waals surface area contributed by atoms with Crippen molar-refractivity contribution in [2.24, 2.45) is 0 Å². The minimum Gasteiger partial charge on any atom is -0.481 e. The van der Waals surface area contributed by atoms with Gasteiger partial charge in [0.15, 0.2) is 12.1 Å². The average Bonchev–Trinajstić information content (AvgIpc) is 3.64. The van der Waals surface area contributed by atoms with Crippen LogP contribution in [0.1, 0.15) is 35.2 Å². The molecule has 1 saturated carbocycles. The Morgan fingerprint density at radius 2 is 1.58 bits per heavy atom. The second kappa shape index (κ2) is 10.1. The molecule has 0 bridgehead atoms. The van der Waals surface area contributed by atoms with E-state index in [1.165, 1.54) is 0 Å². The lowest BCUT2D eigenvalue weighted by Gasteiger charge is -2.13. The summed E-state index contributed by atoms with van der Waals surface area (Å²) in [5.41, 5.74) is 5.78. The molecular formula is C30H29NO5. The van der Waals surface area contributed by atoms with E-state index < -0.39 is 17.7 Å². The molecule has 0 aliphatic heterocycles. The van der Waals surface area contributed by atoms with Gasteiger partial charge in [-0.3, -0.25) is 4.79 Å². The summed E-state index contributed by atoms with van der Waals surface area (Å²) >= 11 is 0. The molecule has 1 aliphatic carbocycles. The summed E-state index contributed by atoms with van der Waals surface area (Å²) in [5, 5.41) is 24.1. The third-order valence-corrected chi connectivity index (χ3v) is 6.98. The summed E-state index contributed by atoms with van der Waals surface area (Å²) in [6.45, 7) is 2.28. The highest BCUT2D eigenvalue weighted by Gasteiger charge is 2.51. The number of rotatable bonds is 10. The fraction of sp³-hybridized carbons (Fsp3) is 0.267. The van der Waals surface area contributed by atoms with E-state index >= 15 is 0 Å². The zero-order chi connectivity index (χ0) is 25.1. The van der Waals surface area contributed by atoms with E-state index in [0.717, 1.165) is 45.5 Å². The summed E-state index contributed by atoms with van der Waals surface area (Å²) in [6, 6.07) is 25.7. The third-order valence-electron chi connectivity index (χ3n) is 6.98. The van der Waals surface area contributed by atoms with Gasteiger partial charge in [0, 0.05) is 17.5 Å². The van der Waals surface area contributed by atoms with Crippen LogP contribution < -0.4 is 0 Å². The van der Waals surface area contributed by atoms with Crippen LogP contribution in [0.25, 0.3) is 22.5 Å². The van der Waals surface area contributed by atoms with Crippen LogP contribution in [-0.4, -0.2) is 34.2 Å². The lowest BCUT2D eigenvalue weighted by molar-refractivity contribution is -0.140. The number of benzene rings is 3. The molecular weight excluding hydrogens is 454 g/mol. The van der Waals surface area contributed by atoms with Gasteiger partial charge in [0.1, 0.15) is 0 Å². The first-order chi connectivity index (χ1) is 17.5. The maximum atomic E-state index is 11.6. The van der Waals surface area contributed by atoms with E-state index in [4.69, 9.17) is 9.26 Å². The molecule has 5 rings (SSSR count). The van der Waals surface area contributed by atoms with Crippen molar-refractivity contribution in [1.29, 1.82) is 0 Å². The van der Waals surface area contributed by atoms with E-state index in [1.54, 1.807) is 0 Å². The number of carbonyl (C=O) groups is 1. The Kier molecular flexibility index (Phi) is 6.72. The molecule has 1 unspecified atom stereocenters. The minimum atomic E-state index is -0.955. The van der Waals surface area contributed by atoms with Gasteiger partial charge >= 0.3 is 5.97 Å². The van der Waals surface area contributed by atoms with Crippen LogP contribution in [0.3, 0.4) is 0 Å². The Bertz CT molecular complexity index is 1320. The van der Waals surface area contributed by atoms with Gasteiger partial charge in [0.25, 0.3) is 0 Å². The van der Waals surface area contributed by atoms with Crippen LogP contribution in [0.2, 0.25) is 0 Å². The smallest absolute Gasteiger partial charge is 0.314 e. The lowest BCUT2D eigenvalue weighted by Crippen LogP contribution is -2.19. The first-order valence-electron chi connectivity index (χ1n) is 12.2. The fourth-order valence-corrected chi connectivity index (χ4v) is 4.59. The standard InChI is InChI=1S/C30H29NO5/c1-20-26(19-27(32)35-18-15-21-5-3-2-4-6-21)28(36-31-20)24-9-7-22(8-10-24)23-11-13-25(14-12-23)30(16-17-30)29(33)34/h2-14,27,32H,15-19H2,1H3,(H,33,34). The maximum Gasteiger partial charge on any atom is 0.314 e. The zero-order valence-electron chi connectivity index (χ0n) is 20.2. The third kappa shape index (κ3) is 4.96. The Morgan fingerprint density at radius 3 is 2.19 bits per heavy atom. The van der Waals surface area contributed by atoms with Gasteiger partial charge < -0.3 is 19.5 Å². The number of aliphatic hydroxyl groups excluding tert-OH is 1. The Balaban J connectivity index is 1.25. The largest absolute Gasteiger partial charge is 0.481 e. The monoisotopic (exact) mass is 483 g/mol. The van der Waals surface area contributed by atoms with E-state index in [2.05, 4.69) is 5.16 Å². The van der Waals surface area contributed by atoms with Crippen molar-refractivity contribution in [1.82, 2.24) is 5.16 Å². The zero-order valence-corrected chi connectivity index (χ0v) is 20.2. The van der Waals surface area contributed by atoms with Crippen molar-refractivity contribution in [2.75, 3.05) is 6.61 Å². The van der Waals surface area contributed by atoms with Crippen LogP contribution in [0.5, 0.6) is 0 Å².